The van der Waals surface area contributed by atoms with Crippen LogP contribution in [0.3, 0.4) is 0 Å². The third-order valence-corrected chi connectivity index (χ3v) is 2.67. The average Bonchev–Trinajstić information content (AvgIpc) is 2.27. The van der Waals surface area contributed by atoms with Gasteiger partial charge in [-0.3, -0.25) is 24.5 Å². The molecule has 0 spiro atoms. The highest BCUT2D eigenvalue weighted by atomic mass is 16.6. The summed E-state index contributed by atoms with van der Waals surface area (Å²) in [5.41, 5.74) is -0.0855. The summed E-state index contributed by atoms with van der Waals surface area (Å²) in [5, 5.41) is 13.0. The summed E-state index contributed by atoms with van der Waals surface area (Å²) in [6.07, 6.45) is 0. The van der Waals surface area contributed by atoms with Gasteiger partial charge in [-0.2, -0.15) is 0 Å². The van der Waals surface area contributed by atoms with E-state index in [2.05, 4.69) is 5.32 Å². The van der Waals surface area contributed by atoms with Crippen LogP contribution in [0.5, 0.6) is 0 Å². The number of hydrogen-bond acceptors (Lipinski definition) is 5. The molecule has 1 heterocycles. The fourth-order valence-electron chi connectivity index (χ4n) is 1.81. The first-order chi connectivity index (χ1) is 8.41. The molecule has 1 aliphatic rings. The number of non-ortho nitro benzene ring substituents is 1. The van der Waals surface area contributed by atoms with Gasteiger partial charge in [0.1, 0.15) is 5.78 Å². The van der Waals surface area contributed by atoms with Crippen molar-refractivity contribution >= 4 is 28.8 Å². The van der Waals surface area contributed by atoms with Crippen molar-refractivity contribution in [3.05, 3.63) is 33.9 Å². The van der Waals surface area contributed by atoms with Crippen LogP contribution in [0.4, 0.5) is 11.4 Å². The molecule has 7 heteroatoms. The van der Waals surface area contributed by atoms with E-state index in [0.29, 0.717) is 0 Å². The van der Waals surface area contributed by atoms with Gasteiger partial charge in [-0.1, -0.05) is 0 Å². The molecule has 0 aliphatic carbocycles. The van der Waals surface area contributed by atoms with E-state index in [4.69, 9.17) is 0 Å². The molecule has 7 nitrogen and oxygen atoms in total. The number of carbonyl (C=O) groups excluding carboxylic acids is 3. The summed E-state index contributed by atoms with van der Waals surface area (Å²) in [6, 6.07) is 3.52. The number of hydrogen-bond donors (Lipinski definition) is 1. The van der Waals surface area contributed by atoms with Crippen molar-refractivity contribution in [2.45, 2.75) is 6.92 Å². The van der Waals surface area contributed by atoms with Gasteiger partial charge in [-0.05, 0) is 13.0 Å². The predicted octanol–water partition coefficient (Wildman–Crippen LogP) is 0.935. The minimum atomic E-state index is -1.42. The van der Waals surface area contributed by atoms with Gasteiger partial charge in [0.2, 0.25) is 5.91 Å². The fraction of sp³-hybridized carbons (Fsp3) is 0.182. The van der Waals surface area contributed by atoms with Crippen molar-refractivity contribution in [1.82, 2.24) is 0 Å². The highest BCUT2D eigenvalue weighted by Gasteiger charge is 2.38. The fourth-order valence-corrected chi connectivity index (χ4v) is 1.81. The first kappa shape index (κ1) is 11.9. The van der Waals surface area contributed by atoms with Crippen LogP contribution in [0.15, 0.2) is 18.2 Å². The Morgan fingerprint density at radius 3 is 2.61 bits per heavy atom. The van der Waals surface area contributed by atoms with Gasteiger partial charge < -0.3 is 5.32 Å². The molecule has 0 saturated carbocycles. The second-order valence-corrected chi connectivity index (χ2v) is 3.88. The van der Waals surface area contributed by atoms with Crippen molar-refractivity contribution in [3.8, 4) is 0 Å². The van der Waals surface area contributed by atoms with E-state index >= 15 is 0 Å². The summed E-state index contributed by atoms with van der Waals surface area (Å²) in [4.78, 5) is 44.7. The predicted molar refractivity (Wildman–Crippen MR) is 60.2 cm³/mol. The summed E-state index contributed by atoms with van der Waals surface area (Å²) >= 11 is 0. The maximum absolute atomic E-state index is 11.9. The summed E-state index contributed by atoms with van der Waals surface area (Å²) in [7, 11) is 0. The lowest BCUT2D eigenvalue weighted by molar-refractivity contribution is -0.384. The third-order valence-electron chi connectivity index (χ3n) is 2.67. The lowest BCUT2D eigenvalue weighted by Crippen LogP contribution is -2.39. The van der Waals surface area contributed by atoms with Gasteiger partial charge in [0, 0.05) is 17.7 Å². The number of benzene rings is 1. The number of anilines is 1. The SMILES string of the molecule is CC(=O)C1C(=O)Nc2ccc([N+](=O)[O-])cc2C1=O. The van der Waals surface area contributed by atoms with Crippen LogP contribution < -0.4 is 5.32 Å². The number of nitrogens with zero attached hydrogens (tertiary/aromatic N) is 1. The van der Waals surface area contributed by atoms with Crippen molar-refractivity contribution in [2.24, 2.45) is 5.92 Å². The number of Topliss-reactive ketones (excluding diaryl/α,β-unsaturated/α-hetero) is 2. The molecule has 2 rings (SSSR count). The molecule has 1 N–H and O–H groups in total. The molecule has 1 aromatic carbocycles. The molecular weight excluding hydrogens is 240 g/mol. The van der Waals surface area contributed by atoms with Crippen LogP contribution in [0.1, 0.15) is 17.3 Å². The Labute approximate surface area is 101 Å². The Morgan fingerprint density at radius 2 is 2.06 bits per heavy atom. The first-order valence-corrected chi connectivity index (χ1v) is 5.06. The molecular formula is C11H8N2O5. The zero-order chi connectivity index (χ0) is 13.4. The summed E-state index contributed by atoms with van der Waals surface area (Å²) in [5.74, 6) is -3.41. The van der Waals surface area contributed by atoms with Gasteiger partial charge in [0.15, 0.2) is 11.7 Å². The Hall–Kier alpha value is -2.57. The Balaban J connectivity index is 2.55. The normalized spacial score (nSPS) is 17.9. The molecule has 1 unspecified atom stereocenters. The van der Waals surface area contributed by atoms with E-state index in [0.717, 1.165) is 13.0 Å². The van der Waals surface area contributed by atoms with E-state index in [9.17, 15) is 24.5 Å². The van der Waals surface area contributed by atoms with Crippen molar-refractivity contribution in [1.29, 1.82) is 0 Å². The minimum absolute atomic E-state index is 0.0102. The molecule has 1 aromatic rings. The van der Waals surface area contributed by atoms with Crippen molar-refractivity contribution in [3.63, 3.8) is 0 Å². The number of nitro groups is 1. The standard InChI is InChI=1S/C11H8N2O5/c1-5(14)9-10(15)7-4-6(13(17)18)2-3-8(7)12-11(9)16/h2-4,9H,1H3,(H,12,16). The number of carbonyl (C=O) groups is 3. The van der Waals surface area contributed by atoms with E-state index in [1.54, 1.807) is 0 Å². The topological polar surface area (TPSA) is 106 Å². The Kier molecular flexibility index (Phi) is 2.66. The van der Waals surface area contributed by atoms with Crippen molar-refractivity contribution < 1.29 is 19.3 Å². The highest BCUT2D eigenvalue weighted by molar-refractivity contribution is 6.30. The number of nitro benzene ring substituents is 1. The number of ketones is 2. The zero-order valence-electron chi connectivity index (χ0n) is 9.30. The summed E-state index contributed by atoms with van der Waals surface area (Å²) in [6.45, 7) is 1.13. The molecule has 0 radical (unpaired) electrons. The minimum Gasteiger partial charge on any atom is -0.324 e. The number of fused-ring (bicyclic) bond motifs is 1. The van der Waals surface area contributed by atoms with E-state index in [-0.39, 0.29) is 16.9 Å². The van der Waals surface area contributed by atoms with E-state index in [1.807, 2.05) is 0 Å². The van der Waals surface area contributed by atoms with Crippen molar-refractivity contribution in [2.75, 3.05) is 5.32 Å². The van der Waals surface area contributed by atoms with Crippen LogP contribution in [0.2, 0.25) is 0 Å². The molecule has 1 aliphatic heterocycles. The molecule has 0 saturated heterocycles. The quantitative estimate of drug-likeness (QED) is 0.476. The van der Waals surface area contributed by atoms with Crippen LogP contribution in [-0.2, 0) is 9.59 Å². The van der Waals surface area contributed by atoms with Gasteiger partial charge in [-0.15, -0.1) is 0 Å². The third kappa shape index (κ3) is 1.75. The smallest absolute Gasteiger partial charge is 0.270 e. The second-order valence-electron chi connectivity index (χ2n) is 3.88. The molecule has 1 amide bonds. The molecule has 18 heavy (non-hydrogen) atoms. The monoisotopic (exact) mass is 248 g/mol. The Morgan fingerprint density at radius 1 is 1.39 bits per heavy atom. The second kappa shape index (κ2) is 4.02. The molecule has 92 valence electrons. The molecule has 0 fully saturated rings. The van der Waals surface area contributed by atoms with Gasteiger partial charge in [-0.25, -0.2) is 0 Å². The molecule has 1 atom stereocenters. The van der Waals surface area contributed by atoms with Gasteiger partial charge >= 0.3 is 0 Å². The largest absolute Gasteiger partial charge is 0.324 e. The lowest BCUT2D eigenvalue weighted by atomic mass is 9.89. The van der Waals surface area contributed by atoms with Crippen LogP contribution in [0.25, 0.3) is 0 Å². The molecule has 0 bridgehead atoms. The number of amides is 1. The Bertz CT molecular complexity index is 593. The van der Waals surface area contributed by atoms with Gasteiger partial charge in [0.25, 0.3) is 5.69 Å². The summed E-state index contributed by atoms with van der Waals surface area (Å²) < 4.78 is 0. The van der Waals surface area contributed by atoms with E-state index in [1.165, 1.54) is 12.1 Å². The van der Waals surface area contributed by atoms with Crippen LogP contribution in [0, 0.1) is 16.0 Å². The average molecular weight is 248 g/mol. The van der Waals surface area contributed by atoms with Crippen LogP contribution in [-0.4, -0.2) is 22.4 Å². The number of nitrogens with one attached hydrogen (secondary N) is 1. The first-order valence-electron chi connectivity index (χ1n) is 5.06. The van der Waals surface area contributed by atoms with Gasteiger partial charge in [0.05, 0.1) is 10.6 Å². The zero-order valence-corrected chi connectivity index (χ0v) is 9.30. The molecule has 0 aromatic heterocycles. The lowest BCUT2D eigenvalue weighted by Gasteiger charge is -2.21. The maximum atomic E-state index is 11.9. The number of rotatable bonds is 2. The highest BCUT2D eigenvalue weighted by Crippen LogP contribution is 2.29. The van der Waals surface area contributed by atoms with E-state index < -0.39 is 28.3 Å². The maximum Gasteiger partial charge on any atom is 0.270 e. The van der Waals surface area contributed by atoms with Crippen LogP contribution >= 0.6 is 0 Å².